The first-order chi connectivity index (χ1) is 23.0. The predicted molar refractivity (Wildman–Crippen MR) is 186 cm³/mol. The van der Waals surface area contributed by atoms with Crippen molar-refractivity contribution in [3.8, 4) is 0 Å². The molecule has 9 nitrogen and oxygen atoms in total. The van der Waals surface area contributed by atoms with Crippen LogP contribution >= 0.6 is 0 Å². The normalized spacial score (nSPS) is 53.2. The van der Waals surface area contributed by atoms with Crippen LogP contribution in [0.5, 0.6) is 0 Å². The molecule has 47 heavy (non-hydrogen) atoms. The molecule has 5 aliphatic heterocycles. The maximum atomic E-state index is 7.03. The number of hydrogen-bond acceptors (Lipinski definition) is 9. The first kappa shape index (κ1) is 32.5. The number of hydrogen-bond donors (Lipinski definition) is 8. The van der Waals surface area contributed by atoms with Gasteiger partial charge >= 0.3 is 0 Å². The topological polar surface area (TPSA) is 105 Å². The minimum atomic E-state index is 0.259. The van der Waals surface area contributed by atoms with Gasteiger partial charge in [-0.05, 0) is 112 Å². The molecule has 9 aliphatic rings. The van der Waals surface area contributed by atoms with Crippen molar-refractivity contribution in [2.75, 3.05) is 0 Å². The van der Waals surface area contributed by atoms with Crippen molar-refractivity contribution in [1.29, 1.82) is 0 Å². The average Bonchev–Trinajstić information content (AvgIpc) is 3.80. The minimum absolute atomic E-state index is 0.259. The summed E-state index contributed by atoms with van der Waals surface area (Å²) in [7, 11) is 0. The zero-order chi connectivity index (χ0) is 31.6. The van der Waals surface area contributed by atoms with Crippen molar-refractivity contribution in [1.82, 2.24) is 42.5 Å². The van der Waals surface area contributed by atoms with Crippen LogP contribution in [-0.4, -0.2) is 61.5 Å². The molecule has 8 bridgehead atoms. The number of ether oxygens (including phenoxy) is 1. The van der Waals surface area contributed by atoms with E-state index >= 15 is 0 Å². The maximum Gasteiger partial charge on any atom is 0.0653 e. The van der Waals surface area contributed by atoms with Gasteiger partial charge in [0.2, 0.25) is 0 Å². The monoisotopic (exact) mass is 653 g/mol. The smallest absolute Gasteiger partial charge is 0.0653 e. The number of rotatable bonds is 4. The summed E-state index contributed by atoms with van der Waals surface area (Å²) in [5.74, 6) is 5.97. The lowest BCUT2D eigenvalue weighted by Crippen LogP contribution is -2.62. The molecule has 9 heteroatoms. The van der Waals surface area contributed by atoms with Crippen LogP contribution in [0.2, 0.25) is 0 Å². The summed E-state index contributed by atoms with van der Waals surface area (Å²) in [5.41, 5.74) is 0. The average molecular weight is 653 g/mol. The van der Waals surface area contributed by atoms with E-state index in [9.17, 15) is 0 Å². The van der Waals surface area contributed by atoms with Crippen molar-refractivity contribution in [3.05, 3.63) is 0 Å². The quantitative estimate of drug-likeness (QED) is 0.229. The Morgan fingerprint density at radius 2 is 0.723 bits per heavy atom. The van der Waals surface area contributed by atoms with Gasteiger partial charge < -0.3 is 4.74 Å². The van der Waals surface area contributed by atoms with Gasteiger partial charge in [0.1, 0.15) is 0 Å². The zero-order valence-electron chi connectivity index (χ0n) is 29.7. The molecule has 5 saturated heterocycles. The maximum absolute atomic E-state index is 7.03. The molecular formula is C38H68N8O. The van der Waals surface area contributed by atoms with Gasteiger partial charge in [-0.25, -0.2) is 0 Å². The Morgan fingerprint density at radius 3 is 1.09 bits per heavy atom. The minimum Gasteiger partial charge on any atom is -0.375 e. The van der Waals surface area contributed by atoms with Gasteiger partial charge in [-0.3, -0.25) is 42.5 Å². The van der Waals surface area contributed by atoms with E-state index in [0.717, 1.165) is 18.3 Å². The molecule has 0 amide bonds. The Morgan fingerprint density at radius 1 is 0.404 bits per heavy atom. The van der Waals surface area contributed by atoms with E-state index in [4.69, 9.17) is 4.74 Å². The molecule has 0 aromatic rings. The fourth-order valence-corrected chi connectivity index (χ4v) is 13.2. The van der Waals surface area contributed by atoms with E-state index < -0.39 is 0 Å². The van der Waals surface area contributed by atoms with Gasteiger partial charge in [-0.2, -0.15) is 0 Å². The van der Waals surface area contributed by atoms with Crippen LogP contribution in [0.4, 0.5) is 0 Å². The van der Waals surface area contributed by atoms with Crippen LogP contribution in [0, 0.1) is 53.3 Å². The Balaban J connectivity index is 1.04. The summed E-state index contributed by atoms with van der Waals surface area (Å²) in [4.78, 5) is 0. The third-order valence-corrected chi connectivity index (χ3v) is 15.0. The Hall–Kier alpha value is -0.360. The SMILES string of the molecule is CC(C)CC(C)OC1CCCC2C3NC4NC(NC5NC(NC6NC(NC(N3)C12)C1CCCCC61)C1CCCCC51)C1CCCCC41. The molecule has 0 radical (unpaired) electrons. The molecule has 18 atom stereocenters. The zero-order valence-corrected chi connectivity index (χ0v) is 29.7. The van der Waals surface area contributed by atoms with Gasteiger partial charge in [-0.15, -0.1) is 0 Å². The standard InChI is InChI=1S/C38H68N8O/c1-20(2)19-21(3)47-29-18-10-17-28-30(29)38-45-36-27-16-9-8-15-26(27)34(43-36)41-32-23-12-5-4-11-22(23)31(39-32)40-33-24-13-6-7-14-25(24)35(42-33)44-37(28)46-38/h20-46H,4-19H2,1-3H3. The molecule has 9 rings (SSSR count). The van der Waals surface area contributed by atoms with Gasteiger partial charge in [0.15, 0.2) is 0 Å². The molecule has 5 heterocycles. The van der Waals surface area contributed by atoms with Gasteiger partial charge in [0, 0.05) is 5.92 Å². The second-order valence-electron chi connectivity index (χ2n) is 18.3. The van der Waals surface area contributed by atoms with Crippen LogP contribution in [-0.2, 0) is 4.74 Å². The van der Waals surface area contributed by atoms with Crippen LogP contribution in [0.1, 0.15) is 124 Å². The van der Waals surface area contributed by atoms with E-state index in [1.54, 1.807) is 0 Å². The van der Waals surface area contributed by atoms with Crippen molar-refractivity contribution in [2.24, 2.45) is 53.3 Å². The highest BCUT2D eigenvalue weighted by molar-refractivity contribution is 5.09. The van der Waals surface area contributed by atoms with E-state index in [1.807, 2.05) is 0 Å². The fourth-order valence-electron chi connectivity index (χ4n) is 13.2. The summed E-state index contributed by atoms with van der Waals surface area (Å²) in [6, 6.07) is 0. The van der Waals surface area contributed by atoms with Crippen molar-refractivity contribution < 1.29 is 4.74 Å². The molecule has 4 saturated carbocycles. The lowest BCUT2D eigenvalue weighted by Gasteiger charge is -2.40. The van der Waals surface area contributed by atoms with E-state index in [-0.39, 0.29) is 6.17 Å². The lowest BCUT2D eigenvalue weighted by atomic mass is 9.75. The van der Waals surface area contributed by atoms with Crippen molar-refractivity contribution >= 4 is 0 Å². The third-order valence-electron chi connectivity index (χ3n) is 15.0. The van der Waals surface area contributed by atoms with Crippen LogP contribution in [0.15, 0.2) is 0 Å². The van der Waals surface area contributed by atoms with Crippen molar-refractivity contribution in [2.45, 2.75) is 185 Å². The molecule has 0 aromatic carbocycles. The highest BCUT2D eigenvalue weighted by atomic mass is 16.5. The van der Waals surface area contributed by atoms with Crippen LogP contribution in [0.3, 0.4) is 0 Å². The predicted octanol–water partition coefficient (Wildman–Crippen LogP) is 4.04. The first-order valence-electron chi connectivity index (χ1n) is 20.7. The van der Waals surface area contributed by atoms with Gasteiger partial charge in [0.25, 0.3) is 0 Å². The highest BCUT2D eigenvalue weighted by Gasteiger charge is 2.55. The van der Waals surface area contributed by atoms with E-state index in [0.29, 0.717) is 96.8 Å². The number of nitrogens with one attached hydrogen (secondary N) is 8. The van der Waals surface area contributed by atoms with Gasteiger partial charge in [-0.1, -0.05) is 58.8 Å². The molecule has 8 N–H and O–H groups in total. The van der Waals surface area contributed by atoms with E-state index in [2.05, 4.69) is 63.3 Å². The summed E-state index contributed by atoms with van der Waals surface area (Å²) >= 11 is 0. The number of fused-ring (bicyclic) bond motifs is 20. The Bertz CT molecular complexity index is 1080. The summed E-state index contributed by atoms with van der Waals surface area (Å²) < 4.78 is 7.03. The van der Waals surface area contributed by atoms with E-state index in [1.165, 1.54) is 96.3 Å². The van der Waals surface area contributed by atoms with Crippen LogP contribution in [0.25, 0.3) is 0 Å². The highest BCUT2D eigenvalue weighted by Crippen LogP contribution is 2.46. The third kappa shape index (κ3) is 6.18. The second-order valence-corrected chi connectivity index (χ2v) is 18.3. The van der Waals surface area contributed by atoms with Crippen molar-refractivity contribution in [3.63, 3.8) is 0 Å². The lowest BCUT2D eigenvalue weighted by molar-refractivity contribution is -0.0776. The summed E-state index contributed by atoms with van der Waals surface area (Å²) in [6.45, 7) is 7.00. The summed E-state index contributed by atoms with van der Waals surface area (Å²) in [5, 5.41) is 34.1. The molecule has 0 aromatic heterocycles. The largest absolute Gasteiger partial charge is 0.375 e. The molecule has 0 spiro atoms. The molecule has 4 aliphatic carbocycles. The molecule has 266 valence electrons. The Labute approximate surface area is 285 Å². The van der Waals surface area contributed by atoms with Gasteiger partial charge in [0.05, 0.1) is 61.5 Å². The summed E-state index contributed by atoms with van der Waals surface area (Å²) in [6.07, 6.45) is 24.7. The Kier molecular flexibility index (Phi) is 9.45. The molecule has 18 unspecified atom stereocenters. The molecular weight excluding hydrogens is 584 g/mol. The second kappa shape index (κ2) is 13.6. The van der Waals surface area contributed by atoms with Crippen LogP contribution < -0.4 is 42.5 Å². The fraction of sp³-hybridized carbons (Fsp3) is 1.00. The first-order valence-corrected chi connectivity index (χ1v) is 20.7. The molecule has 9 fully saturated rings.